The Morgan fingerprint density at radius 2 is 1.85 bits per heavy atom. The molecule has 7 nitrogen and oxygen atoms in total. The van der Waals surface area contributed by atoms with Gasteiger partial charge in [-0.2, -0.15) is 0 Å². The molecule has 0 aliphatic carbocycles. The highest BCUT2D eigenvalue weighted by Crippen LogP contribution is 2.28. The molecule has 2 aromatic heterocycles. The predicted molar refractivity (Wildman–Crippen MR) is 107 cm³/mol. The fraction of sp³-hybridized carbons (Fsp3) is 0.550. The largest absolute Gasteiger partial charge is 0.383 e. The first kappa shape index (κ1) is 18.1. The first-order valence-electron chi connectivity index (χ1n) is 9.74. The maximum Gasteiger partial charge on any atom is 0.182 e. The van der Waals surface area contributed by atoms with Crippen LogP contribution in [0, 0.1) is 6.92 Å². The molecular formula is C20H28N6O. The smallest absolute Gasteiger partial charge is 0.182 e. The number of anilines is 2. The van der Waals surface area contributed by atoms with E-state index < -0.39 is 0 Å². The van der Waals surface area contributed by atoms with Gasteiger partial charge in [-0.1, -0.05) is 6.07 Å². The van der Waals surface area contributed by atoms with E-state index in [1.807, 2.05) is 25.1 Å². The number of nitrogens with two attached hydrogens (primary N) is 1. The number of ether oxygens (including phenoxy) is 1. The Morgan fingerprint density at radius 1 is 1.07 bits per heavy atom. The van der Waals surface area contributed by atoms with Crippen molar-refractivity contribution in [2.45, 2.75) is 38.4 Å². The second-order valence-corrected chi connectivity index (χ2v) is 7.59. The summed E-state index contributed by atoms with van der Waals surface area (Å²) in [5, 5.41) is 0. The molecular weight excluding hydrogens is 340 g/mol. The fourth-order valence-corrected chi connectivity index (χ4v) is 3.92. The van der Waals surface area contributed by atoms with Crippen LogP contribution in [0.15, 0.2) is 24.4 Å². The number of piperidine rings is 1. The van der Waals surface area contributed by atoms with Crippen LogP contribution in [0.3, 0.4) is 0 Å². The summed E-state index contributed by atoms with van der Waals surface area (Å²) in [6.07, 6.45) is 5.65. The normalized spacial score (nSPS) is 21.7. The number of pyridine rings is 1. The summed E-state index contributed by atoms with van der Waals surface area (Å²) in [5.74, 6) is 2.02. The monoisotopic (exact) mass is 368 g/mol. The Kier molecular flexibility index (Phi) is 5.22. The van der Waals surface area contributed by atoms with Crippen LogP contribution in [0.2, 0.25) is 0 Å². The average Bonchev–Trinajstić information content (AvgIpc) is 3.10. The van der Waals surface area contributed by atoms with Gasteiger partial charge in [0.2, 0.25) is 0 Å². The number of likely N-dealkylation sites (tertiary alicyclic amines) is 1. The number of likely N-dealkylation sites (N-methyl/N-ethyl adjacent to an activating group) is 1. The van der Waals surface area contributed by atoms with E-state index in [0.717, 1.165) is 62.5 Å². The lowest BCUT2D eigenvalue weighted by molar-refractivity contribution is -0.0169. The van der Waals surface area contributed by atoms with Gasteiger partial charge in [0, 0.05) is 37.9 Å². The quantitative estimate of drug-likeness (QED) is 0.885. The molecule has 2 aliphatic heterocycles. The number of hydrogen-bond donors (Lipinski definition) is 1. The second kappa shape index (κ2) is 7.78. The number of nitrogens with zero attached hydrogens (tertiary/aromatic N) is 5. The average molecular weight is 368 g/mol. The van der Waals surface area contributed by atoms with Gasteiger partial charge in [0.15, 0.2) is 5.82 Å². The molecule has 0 spiro atoms. The maximum absolute atomic E-state index is 6.32. The van der Waals surface area contributed by atoms with Crippen LogP contribution in [0.4, 0.5) is 11.6 Å². The van der Waals surface area contributed by atoms with Crippen molar-refractivity contribution in [1.29, 1.82) is 0 Å². The van der Waals surface area contributed by atoms with Gasteiger partial charge < -0.3 is 20.3 Å². The minimum absolute atomic E-state index is 0.340. The minimum atomic E-state index is 0.340. The number of rotatable bonds is 4. The molecule has 2 aliphatic rings. The third-order valence-corrected chi connectivity index (χ3v) is 5.53. The van der Waals surface area contributed by atoms with E-state index in [1.165, 1.54) is 0 Å². The molecule has 1 atom stereocenters. The molecule has 2 saturated heterocycles. The number of aromatic nitrogens is 3. The Morgan fingerprint density at radius 3 is 2.52 bits per heavy atom. The Balaban J connectivity index is 1.45. The molecule has 4 heterocycles. The van der Waals surface area contributed by atoms with Crippen LogP contribution in [0.5, 0.6) is 0 Å². The van der Waals surface area contributed by atoms with E-state index >= 15 is 0 Å². The van der Waals surface area contributed by atoms with Crippen molar-refractivity contribution in [2.75, 3.05) is 43.9 Å². The molecule has 0 aromatic carbocycles. The van der Waals surface area contributed by atoms with Crippen molar-refractivity contribution in [1.82, 2.24) is 19.9 Å². The van der Waals surface area contributed by atoms with Gasteiger partial charge in [-0.25, -0.2) is 9.97 Å². The third kappa shape index (κ3) is 4.04. The van der Waals surface area contributed by atoms with Crippen LogP contribution in [0.1, 0.15) is 24.8 Å². The first-order chi connectivity index (χ1) is 13.1. The lowest BCUT2D eigenvalue weighted by atomic mass is 10.1. The van der Waals surface area contributed by atoms with E-state index in [4.69, 9.17) is 15.5 Å². The van der Waals surface area contributed by atoms with Gasteiger partial charge in [-0.15, -0.1) is 0 Å². The summed E-state index contributed by atoms with van der Waals surface area (Å²) in [5.41, 5.74) is 7.86. The predicted octanol–water partition coefficient (Wildman–Crippen LogP) is 2.12. The maximum atomic E-state index is 6.32. The van der Waals surface area contributed by atoms with E-state index in [2.05, 4.69) is 26.8 Å². The summed E-state index contributed by atoms with van der Waals surface area (Å²) >= 11 is 0. The Bertz CT molecular complexity index is 776. The molecule has 0 saturated carbocycles. The molecule has 0 bridgehead atoms. The van der Waals surface area contributed by atoms with Gasteiger partial charge in [-0.05, 0) is 45.4 Å². The molecule has 2 N–H and O–H groups in total. The molecule has 144 valence electrons. The van der Waals surface area contributed by atoms with Crippen LogP contribution in [-0.2, 0) is 4.74 Å². The van der Waals surface area contributed by atoms with Crippen molar-refractivity contribution in [3.8, 4) is 11.5 Å². The van der Waals surface area contributed by atoms with E-state index in [1.54, 1.807) is 6.20 Å². The van der Waals surface area contributed by atoms with Crippen molar-refractivity contribution in [2.24, 2.45) is 0 Å². The first-order valence-corrected chi connectivity index (χ1v) is 9.74. The van der Waals surface area contributed by atoms with Crippen LogP contribution >= 0.6 is 0 Å². The lowest BCUT2D eigenvalue weighted by Crippen LogP contribution is -2.39. The van der Waals surface area contributed by atoms with Crippen LogP contribution in [-0.4, -0.2) is 65.3 Å². The Hall–Kier alpha value is -2.25. The van der Waals surface area contributed by atoms with Gasteiger partial charge in [0.1, 0.15) is 17.3 Å². The van der Waals surface area contributed by atoms with Crippen molar-refractivity contribution < 1.29 is 4.74 Å². The summed E-state index contributed by atoms with van der Waals surface area (Å²) in [7, 11) is 2.16. The molecule has 7 heteroatoms. The summed E-state index contributed by atoms with van der Waals surface area (Å²) in [4.78, 5) is 18.2. The fourth-order valence-electron chi connectivity index (χ4n) is 3.92. The summed E-state index contributed by atoms with van der Waals surface area (Å²) in [6.45, 7) is 6.02. The minimum Gasteiger partial charge on any atom is -0.383 e. The standard InChI is InChI=1S/C20H28N6O/c1-14-18(21)23-19(17-5-3-4-9-22-17)24-20(14)26-11-7-15(8-12-26)27-16-6-10-25(2)13-16/h3-5,9,15-16H,6-8,10-13H2,1-2H3,(H2,21,23,24). The molecule has 27 heavy (non-hydrogen) atoms. The number of hydrogen-bond acceptors (Lipinski definition) is 7. The van der Waals surface area contributed by atoms with Gasteiger partial charge in [0.25, 0.3) is 0 Å². The highest BCUT2D eigenvalue weighted by Gasteiger charge is 2.28. The lowest BCUT2D eigenvalue weighted by Gasteiger charge is -2.34. The van der Waals surface area contributed by atoms with Gasteiger partial charge in [-0.3, -0.25) is 4.98 Å². The molecule has 2 fully saturated rings. The molecule has 0 amide bonds. The van der Waals surface area contributed by atoms with E-state index in [-0.39, 0.29) is 0 Å². The van der Waals surface area contributed by atoms with E-state index in [0.29, 0.717) is 23.9 Å². The number of nitrogen functional groups attached to an aromatic ring is 1. The zero-order valence-corrected chi connectivity index (χ0v) is 16.1. The van der Waals surface area contributed by atoms with Crippen molar-refractivity contribution >= 4 is 11.6 Å². The molecule has 0 radical (unpaired) electrons. The van der Waals surface area contributed by atoms with Crippen molar-refractivity contribution in [3.05, 3.63) is 30.0 Å². The molecule has 4 rings (SSSR count). The molecule has 2 aromatic rings. The van der Waals surface area contributed by atoms with E-state index in [9.17, 15) is 0 Å². The van der Waals surface area contributed by atoms with Crippen LogP contribution in [0.25, 0.3) is 11.5 Å². The SMILES string of the molecule is Cc1c(N)nc(-c2ccccn2)nc1N1CCC(OC2CCN(C)C2)CC1. The zero-order valence-electron chi connectivity index (χ0n) is 16.1. The second-order valence-electron chi connectivity index (χ2n) is 7.59. The van der Waals surface area contributed by atoms with Crippen LogP contribution < -0.4 is 10.6 Å². The van der Waals surface area contributed by atoms with Gasteiger partial charge >= 0.3 is 0 Å². The highest BCUT2D eigenvalue weighted by atomic mass is 16.5. The Labute approximate surface area is 160 Å². The van der Waals surface area contributed by atoms with Crippen molar-refractivity contribution in [3.63, 3.8) is 0 Å². The summed E-state index contributed by atoms with van der Waals surface area (Å²) in [6, 6.07) is 5.73. The summed E-state index contributed by atoms with van der Waals surface area (Å²) < 4.78 is 6.32. The highest BCUT2D eigenvalue weighted by molar-refractivity contribution is 5.63. The zero-order chi connectivity index (χ0) is 18.8. The topological polar surface area (TPSA) is 80.4 Å². The third-order valence-electron chi connectivity index (χ3n) is 5.53. The molecule has 1 unspecified atom stereocenters. The van der Waals surface area contributed by atoms with Gasteiger partial charge in [0.05, 0.1) is 12.2 Å².